The molecule has 1 aromatic heterocycles. The molecule has 0 aromatic carbocycles. The number of hydrogen-bond donors (Lipinski definition) is 2. The zero-order chi connectivity index (χ0) is 22.5. The Morgan fingerprint density at radius 1 is 1.29 bits per heavy atom. The molecule has 0 saturated carbocycles. The summed E-state index contributed by atoms with van der Waals surface area (Å²) < 4.78 is 25.7. The molecule has 0 saturated heterocycles. The molecule has 164 valence electrons. The van der Waals surface area contributed by atoms with Gasteiger partial charge in [0, 0.05) is 44.2 Å². The van der Waals surface area contributed by atoms with Crippen LogP contribution in [0.3, 0.4) is 0 Å². The Kier molecular flexibility index (Phi) is 5.12. The average molecular weight is 445 g/mol. The van der Waals surface area contributed by atoms with E-state index in [4.69, 9.17) is 5.11 Å². The number of nitrogens with zero attached hydrogens (tertiary/aromatic N) is 2. The van der Waals surface area contributed by atoms with Crippen molar-refractivity contribution in [3.8, 4) is 0 Å². The lowest BCUT2D eigenvalue weighted by Crippen LogP contribution is -2.41. The van der Waals surface area contributed by atoms with Gasteiger partial charge in [-0.1, -0.05) is 0 Å². The molecule has 0 radical (unpaired) electrons. The van der Waals surface area contributed by atoms with Crippen molar-refractivity contribution in [2.45, 2.75) is 25.3 Å². The van der Waals surface area contributed by atoms with Gasteiger partial charge in [-0.25, -0.2) is 8.42 Å². The van der Waals surface area contributed by atoms with Gasteiger partial charge in [0.15, 0.2) is 9.84 Å². The first kappa shape index (κ1) is 21.1. The van der Waals surface area contributed by atoms with Crippen molar-refractivity contribution in [2.24, 2.45) is 7.05 Å². The third-order valence-corrected chi connectivity index (χ3v) is 6.53. The summed E-state index contributed by atoms with van der Waals surface area (Å²) in [6.07, 6.45) is 6.31. The zero-order valence-electron chi connectivity index (χ0n) is 17.2. The van der Waals surface area contributed by atoms with E-state index < -0.39 is 15.8 Å². The summed E-state index contributed by atoms with van der Waals surface area (Å²) in [5.74, 6) is -1.61. The molecule has 1 amide bonds. The monoisotopic (exact) mass is 445 g/mol. The molecule has 0 fully saturated rings. The summed E-state index contributed by atoms with van der Waals surface area (Å²) in [7, 11) is -1.76. The highest BCUT2D eigenvalue weighted by atomic mass is 32.2. The number of nitrogens with one attached hydrogen (secondary N) is 1. The number of carboxylic acid groups (broad SMARTS) is 1. The van der Waals surface area contributed by atoms with E-state index >= 15 is 0 Å². The number of carboxylic acids is 1. The number of sulfone groups is 1. The number of aromatic nitrogens is 1. The Morgan fingerprint density at radius 3 is 2.71 bits per heavy atom. The summed E-state index contributed by atoms with van der Waals surface area (Å²) in [4.78, 5) is 38.3. The van der Waals surface area contributed by atoms with Crippen molar-refractivity contribution in [1.29, 1.82) is 0 Å². The first-order valence-electron chi connectivity index (χ1n) is 9.88. The molecule has 10 heteroatoms. The summed E-state index contributed by atoms with van der Waals surface area (Å²) in [5, 5.41) is 12.2. The molecule has 3 heterocycles. The van der Waals surface area contributed by atoms with Gasteiger partial charge < -0.3 is 19.9 Å². The van der Waals surface area contributed by atoms with Gasteiger partial charge in [0.1, 0.15) is 0 Å². The summed E-state index contributed by atoms with van der Waals surface area (Å²) in [6.45, 7) is 0.520. The molecule has 31 heavy (non-hydrogen) atoms. The quantitative estimate of drug-likeness (QED) is 0.676. The van der Waals surface area contributed by atoms with Crippen LogP contribution in [-0.4, -0.2) is 59.5 Å². The second kappa shape index (κ2) is 7.52. The minimum atomic E-state index is -3.39. The van der Waals surface area contributed by atoms with E-state index in [9.17, 15) is 22.8 Å². The van der Waals surface area contributed by atoms with E-state index in [2.05, 4.69) is 5.32 Å². The highest BCUT2D eigenvalue weighted by Gasteiger charge is 2.40. The highest BCUT2D eigenvalue weighted by molar-refractivity contribution is 7.91. The molecule has 4 rings (SSSR count). The zero-order valence-corrected chi connectivity index (χ0v) is 18.0. The normalized spacial score (nSPS) is 19.7. The number of pyridine rings is 1. The van der Waals surface area contributed by atoms with E-state index in [1.807, 2.05) is 0 Å². The Morgan fingerprint density at radius 2 is 2.03 bits per heavy atom. The maximum atomic E-state index is 13.1. The minimum absolute atomic E-state index is 0.135. The number of allylic oxidation sites excluding steroid dienone is 1. The average Bonchev–Trinajstić information content (AvgIpc) is 2.99. The van der Waals surface area contributed by atoms with Crippen LogP contribution in [0.1, 0.15) is 30.4 Å². The number of aryl methyl sites for hydroxylation is 1. The molecule has 0 bridgehead atoms. The number of carbonyl (C=O) groups excluding carboxylic acids is 1. The molecule has 1 unspecified atom stereocenters. The molecule has 0 spiro atoms. The summed E-state index contributed by atoms with van der Waals surface area (Å²) in [5.41, 5.74) is 3.20. The molecule has 1 aromatic rings. The van der Waals surface area contributed by atoms with Gasteiger partial charge in [-0.2, -0.15) is 0 Å². The summed E-state index contributed by atoms with van der Waals surface area (Å²) >= 11 is 0. The SMILES string of the molecule is Cn1ccc2c(c1=O)C1=C3C(=CN(C(=O)CCC(=O)O)C3CCN1)C=C2CS(C)(=O)=O. The van der Waals surface area contributed by atoms with E-state index in [1.54, 1.807) is 31.6 Å². The van der Waals surface area contributed by atoms with Crippen LogP contribution >= 0.6 is 0 Å². The number of rotatable bonds is 5. The van der Waals surface area contributed by atoms with Gasteiger partial charge in [0.2, 0.25) is 5.91 Å². The van der Waals surface area contributed by atoms with Gasteiger partial charge in [-0.05, 0) is 35.3 Å². The van der Waals surface area contributed by atoms with Gasteiger partial charge in [-0.15, -0.1) is 0 Å². The van der Waals surface area contributed by atoms with Crippen LogP contribution in [0, 0.1) is 0 Å². The predicted octanol–water partition coefficient (Wildman–Crippen LogP) is 0.491. The standard InChI is InChI=1S/C21H23N3O6S/c1-23-8-6-14-13(11-31(2,29)30)9-12-10-24(16(25)3-4-17(26)27)15-5-7-22-20(18(12)15)19(14)21(23)28/h6,8-10,15,22H,3-5,7,11H2,1-2H3,(H,26,27). The maximum absolute atomic E-state index is 13.1. The van der Waals surface area contributed by atoms with Crippen molar-refractivity contribution in [2.75, 3.05) is 18.6 Å². The topological polar surface area (TPSA) is 126 Å². The van der Waals surface area contributed by atoms with Crippen LogP contribution < -0.4 is 10.9 Å². The maximum Gasteiger partial charge on any atom is 0.303 e. The predicted molar refractivity (Wildman–Crippen MR) is 114 cm³/mol. The Labute approximate surface area is 179 Å². The largest absolute Gasteiger partial charge is 0.481 e. The molecule has 3 aliphatic rings. The Hall–Kier alpha value is -3.14. The van der Waals surface area contributed by atoms with Crippen LogP contribution in [0.25, 0.3) is 11.3 Å². The van der Waals surface area contributed by atoms with Crippen molar-refractivity contribution in [1.82, 2.24) is 14.8 Å². The van der Waals surface area contributed by atoms with Gasteiger partial charge in [-0.3, -0.25) is 14.4 Å². The van der Waals surface area contributed by atoms with Crippen LogP contribution in [0.5, 0.6) is 0 Å². The smallest absolute Gasteiger partial charge is 0.303 e. The second-order valence-electron chi connectivity index (χ2n) is 8.06. The third kappa shape index (κ3) is 3.83. The first-order valence-corrected chi connectivity index (χ1v) is 11.9. The lowest BCUT2D eigenvalue weighted by atomic mass is 9.92. The number of fused-ring (bicyclic) bond motifs is 2. The molecule has 1 aliphatic carbocycles. The Balaban J connectivity index is 1.91. The van der Waals surface area contributed by atoms with Gasteiger partial charge in [0.25, 0.3) is 5.56 Å². The highest BCUT2D eigenvalue weighted by Crippen LogP contribution is 2.42. The van der Waals surface area contributed by atoms with Crippen LogP contribution in [-0.2, 0) is 26.5 Å². The van der Waals surface area contributed by atoms with E-state index in [0.717, 1.165) is 11.8 Å². The fraction of sp³-hybridized carbons (Fsp3) is 0.381. The minimum Gasteiger partial charge on any atom is -0.481 e. The van der Waals surface area contributed by atoms with E-state index in [1.165, 1.54) is 9.47 Å². The third-order valence-electron chi connectivity index (χ3n) is 5.70. The number of hydrogen-bond acceptors (Lipinski definition) is 6. The van der Waals surface area contributed by atoms with Crippen molar-refractivity contribution >= 4 is 33.0 Å². The second-order valence-corrected chi connectivity index (χ2v) is 10.2. The molecule has 1 atom stereocenters. The molecular formula is C21H23N3O6S. The van der Waals surface area contributed by atoms with Gasteiger partial charge >= 0.3 is 5.97 Å². The fourth-order valence-corrected chi connectivity index (χ4v) is 5.20. The van der Waals surface area contributed by atoms with Crippen molar-refractivity contribution in [3.63, 3.8) is 0 Å². The Bertz CT molecular complexity index is 1250. The molecule has 2 N–H and O–H groups in total. The first-order chi connectivity index (χ1) is 14.6. The van der Waals surface area contributed by atoms with Crippen LogP contribution in [0.2, 0.25) is 0 Å². The number of aliphatic carboxylic acids is 1. The van der Waals surface area contributed by atoms with E-state index in [-0.39, 0.29) is 36.1 Å². The van der Waals surface area contributed by atoms with Crippen molar-refractivity contribution < 1.29 is 23.1 Å². The lowest BCUT2D eigenvalue weighted by Gasteiger charge is -2.31. The van der Waals surface area contributed by atoms with Crippen LogP contribution in [0.15, 0.2) is 40.5 Å². The number of carbonyl (C=O) groups is 2. The lowest BCUT2D eigenvalue weighted by molar-refractivity contribution is -0.140. The van der Waals surface area contributed by atoms with Crippen LogP contribution in [0.4, 0.5) is 0 Å². The van der Waals surface area contributed by atoms with Gasteiger partial charge in [0.05, 0.1) is 29.5 Å². The molecular weight excluding hydrogens is 422 g/mol. The molecule has 9 nitrogen and oxygen atoms in total. The summed E-state index contributed by atoms with van der Waals surface area (Å²) in [6, 6.07) is 1.41. The fourth-order valence-electron chi connectivity index (χ4n) is 4.40. The molecule has 2 aliphatic heterocycles. The van der Waals surface area contributed by atoms with Crippen molar-refractivity contribution in [3.05, 3.63) is 57.2 Å². The number of amides is 1. The van der Waals surface area contributed by atoms with E-state index in [0.29, 0.717) is 40.9 Å².